The van der Waals surface area contributed by atoms with Crippen molar-refractivity contribution in [1.82, 2.24) is 5.43 Å². The number of hydrogen-bond acceptors (Lipinski definition) is 4. The number of carbonyl (C=O) groups excluding carboxylic acids is 1. The van der Waals surface area contributed by atoms with Gasteiger partial charge in [-0.25, -0.2) is 5.43 Å². The summed E-state index contributed by atoms with van der Waals surface area (Å²) in [6.45, 7) is 0. The van der Waals surface area contributed by atoms with Gasteiger partial charge in [-0.05, 0) is 45.8 Å². The van der Waals surface area contributed by atoms with Crippen LogP contribution in [0.4, 0.5) is 0 Å². The largest absolute Gasteiger partial charge is 0.447 e. The van der Waals surface area contributed by atoms with Gasteiger partial charge in [0.15, 0.2) is 5.09 Å². The average molecular weight is 450 g/mol. The maximum absolute atomic E-state index is 11.9. The summed E-state index contributed by atoms with van der Waals surface area (Å²) in [5.41, 5.74) is 3.43. The van der Waals surface area contributed by atoms with Gasteiger partial charge in [-0.2, -0.15) is 5.10 Å². The minimum absolute atomic E-state index is 0.186. The number of benzene rings is 2. The van der Waals surface area contributed by atoms with Gasteiger partial charge in [0.1, 0.15) is 5.76 Å². The molecule has 0 fully saturated rings. The zero-order valence-electron chi connectivity index (χ0n) is 13.5. The van der Waals surface area contributed by atoms with Gasteiger partial charge in [-0.15, -0.1) is 0 Å². The van der Waals surface area contributed by atoms with E-state index in [-0.39, 0.29) is 12.3 Å². The number of hydrogen-bond donors (Lipinski definition) is 1. The van der Waals surface area contributed by atoms with Crippen molar-refractivity contribution in [2.45, 2.75) is 16.4 Å². The van der Waals surface area contributed by atoms with Crippen LogP contribution in [0, 0.1) is 0 Å². The molecular formula is C19H14BrClN2O2S. The summed E-state index contributed by atoms with van der Waals surface area (Å²) in [6.07, 6.45) is 1.75. The molecule has 7 heteroatoms. The fourth-order valence-electron chi connectivity index (χ4n) is 2.10. The summed E-state index contributed by atoms with van der Waals surface area (Å²) in [6, 6.07) is 18.8. The first kappa shape index (κ1) is 18.8. The highest BCUT2D eigenvalue weighted by molar-refractivity contribution is 9.10. The Morgan fingerprint density at radius 2 is 1.92 bits per heavy atom. The van der Waals surface area contributed by atoms with Crippen molar-refractivity contribution in [1.29, 1.82) is 0 Å². The van der Waals surface area contributed by atoms with Crippen LogP contribution >= 0.6 is 39.3 Å². The molecule has 132 valence electrons. The lowest BCUT2D eigenvalue weighted by molar-refractivity contribution is -0.120. The van der Waals surface area contributed by atoms with Crippen LogP contribution in [-0.4, -0.2) is 12.1 Å². The van der Waals surface area contributed by atoms with Gasteiger partial charge in [-0.3, -0.25) is 4.79 Å². The standard InChI is InChI=1S/C19H14BrClN2O2S/c20-17-11-15(25-19(17)26-16-8-6-14(21)7-9-16)12-22-23-18(24)10-13-4-2-1-3-5-13/h1-9,11-12H,10H2,(H,23,24)/b22-12-. The molecule has 0 saturated carbocycles. The summed E-state index contributed by atoms with van der Waals surface area (Å²) in [4.78, 5) is 12.9. The van der Waals surface area contributed by atoms with E-state index in [1.807, 2.05) is 54.6 Å². The number of halogens is 2. The molecule has 0 spiro atoms. The van der Waals surface area contributed by atoms with E-state index in [0.29, 0.717) is 15.9 Å². The highest BCUT2D eigenvalue weighted by atomic mass is 79.9. The van der Waals surface area contributed by atoms with Crippen molar-refractivity contribution < 1.29 is 9.21 Å². The van der Waals surface area contributed by atoms with Crippen molar-refractivity contribution >= 4 is 51.4 Å². The highest BCUT2D eigenvalue weighted by Gasteiger charge is 2.10. The Labute approximate surface area is 168 Å². The number of hydrazone groups is 1. The van der Waals surface area contributed by atoms with Crippen molar-refractivity contribution in [3.63, 3.8) is 0 Å². The van der Waals surface area contributed by atoms with E-state index in [4.69, 9.17) is 16.0 Å². The topological polar surface area (TPSA) is 54.6 Å². The summed E-state index contributed by atoms with van der Waals surface area (Å²) in [5, 5.41) is 5.33. The predicted octanol–water partition coefficient (Wildman–Crippen LogP) is 5.54. The molecule has 0 unspecified atom stereocenters. The summed E-state index contributed by atoms with van der Waals surface area (Å²) in [7, 11) is 0. The Bertz CT molecular complexity index is 911. The van der Waals surface area contributed by atoms with Crippen molar-refractivity contribution in [3.8, 4) is 0 Å². The molecule has 0 atom stereocenters. The third-order valence-corrected chi connectivity index (χ3v) is 5.39. The molecule has 3 aromatic rings. The summed E-state index contributed by atoms with van der Waals surface area (Å²) < 4.78 is 6.55. The van der Waals surface area contributed by atoms with E-state index >= 15 is 0 Å². The molecule has 0 aliphatic rings. The lowest BCUT2D eigenvalue weighted by atomic mass is 10.1. The van der Waals surface area contributed by atoms with Crippen molar-refractivity contribution in [2.75, 3.05) is 0 Å². The smallest absolute Gasteiger partial charge is 0.244 e. The van der Waals surface area contributed by atoms with Crippen molar-refractivity contribution in [3.05, 3.63) is 81.5 Å². The van der Waals surface area contributed by atoms with E-state index in [9.17, 15) is 4.79 Å². The Morgan fingerprint density at radius 1 is 1.19 bits per heavy atom. The van der Waals surface area contributed by atoms with Crippen LogP contribution in [0.2, 0.25) is 5.02 Å². The molecule has 0 aliphatic carbocycles. The number of rotatable bonds is 6. The van der Waals surface area contributed by atoms with Crippen LogP contribution in [0.15, 0.2) is 84.6 Å². The van der Waals surface area contributed by atoms with Gasteiger partial charge in [0.25, 0.3) is 0 Å². The second-order valence-electron chi connectivity index (χ2n) is 5.30. The number of nitrogens with one attached hydrogen (secondary N) is 1. The zero-order chi connectivity index (χ0) is 18.4. The van der Waals surface area contributed by atoms with Crippen LogP contribution in [0.1, 0.15) is 11.3 Å². The molecule has 0 bridgehead atoms. The van der Waals surface area contributed by atoms with E-state index < -0.39 is 0 Å². The molecule has 26 heavy (non-hydrogen) atoms. The van der Waals surface area contributed by atoms with E-state index in [0.717, 1.165) is 14.9 Å². The third kappa shape index (κ3) is 5.49. The highest BCUT2D eigenvalue weighted by Crippen LogP contribution is 2.35. The number of nitrogens with zero attached hydrogens (tertiary/aromatic N) is 1. The van der Waals surface area contributed by atoms with Crippen LogP contribution in [0.3, 0.4) is 0 Å². The Morgan fingerprint density at radius 3 is 2.65 bits per heavy atom. The normalized spacial score (nSPS) is 11.0. The molecule has 1 N–H and O–H groups in total. The Kier molecular flexibility index (Phi) is 6.55. The van der Waals surface area contributed by atoms with E-state index in [1.165, 1.54) is 18.0 Å². The van der Waals surface area contributed by atoms with Gasteiger partial charge in [0.2, 0.25) is 5.91 Å². The predicted molar refractivity (Wildman–Crippen MR) is 108 cm³/mol. The fourth-order valence-corrected chi connectivity index (χ4v) is 3.56. The number of furan rings is 1. The van der Waals surface area contributed by atoms with Gasteiger partial charge in [0, 0.05) is 16.0 Å². The van der Waals surface area contributed by atoms with E-state index in [1.54, 1.807) is 6.07 Å². The van der Waals surface area contributed by atoms with Crippen molar-refractivity contribution in [2.24, 2.45) is 5.10 Å². The molecule has 0 aliphatic heterocycles. The first-order valence-electron chi connectivity index (χ1n) is 7.69. The van der Waals surface area contributed by atoms with Gasteiger partial charge in [0.05, 0.1) is 17.1 Å². The molecule has 1 amide bonds. The fraction of sp³-hybridized carbons (Fsp3) is 0.0526. The van der Waals surface area contributed by atoms with Gasteiger partial charge in [-0.1, -0.05) is 53.7 Å². The minimum atomic E-state index is -0.186. The first-order valence-corrected chi connectivity index (χ1v) is 9.67. The third-order valence-electron chi connectivity index (χ3n) is 3.29. The SMILES string of the molecule is O=C(Cc1ccccc1)N/N=C\c1cc(Br)c(Sc2ccc(Cl)cc2)o1. The molecule has 3 rings (SSSR count). The van der Waals surface area contributed by atoms with Crippen LogP contribution in [-0.2, 0) is 11.2 Å². The Hall–Kier alpha value is -2.02. The number of amides is 1. The molecule has 1 aromatic heterocycles. The second-order valence-corrected chi connectivity index (χ2v) is 7.63. The van der Waals surface area contributed by atoms with Crippen LogP contribution in [0.5, 0.6) is 0 Å². The number of carbonyl (C=O) groups is 1. The monoisotopic (exact) mass is 448 g/mol. The lowest BCUT2D eigenvalue weighted by Crippen LogP contribution is -2.19. The lowest BCUT2D eigenvalue weighted by Gasteiger charge is -1.99. The first-order chi connectivity index (χ1) is 12.6. The van der Waals surface area contributed by atoms with Crippen LogP contribution < -0.4 is 5.43 Å². The molecule has 1 heterocycles. The summed E-state index contributed by atoms with van der Waals surface area (Å²) in [5.74, 6) is 0.349. The van der Waals surface area contributed by atoms with Crippen LogP contribution in [0.25, 0.3) is 0 Å². The maximum Gasteiger partial charge on any atom is 0.244 e. The minimum Gasteiger partial charge on any atom is -0.447 e. The van der Waals surface area contributed by atoms with E-state index in [2.05, 4.69) is 26.5 Å². The molecule has 0 saturated heterocycles. The average Bonchev–Trinajstić information content (AvgIpc) is 2.97. The molecule has 4 nitrogen and oxygen atoms in total. The quantitative estimate of drug-likeness (QED) is 0.397. The second kappa shape index (κ2) is 9.07. The summed E-state index contributed by atoms with van der Waals surface area (Å²) >= 11 is 10.8. The Balaban J connectivity index is 1.57. The maximum atomic E-state index is 11.9. The van der Waals surface area contributed by atoms with Gasteiger partial charge < -0.3 is 4.42 Å². The van der Waals surface area contributed by atoms with Gasteiger partial charge >= 0.3 is 0 Å². The molecule has 2 aromatic carbocycles. The molecular weight excluding hydrogens is 436 g/mol. The molecule has 0 radical (unpaired) electrons. The zero-order valence-corrected chi connectivity index (χ0v) is 16.6.